The summed E-state index contributed by atoms with van der Waals surface area (Å²) in [6.07, 6.45) is 8.47. The van der Waals surface area contributed by atoms with Gasteiger partial charge in [-0.3, -0.25) is 4.79 Å². The van der Waals surface area contributed by atoms with Gasteiger partial charge in [-0.05, 0) is 25.2 Å². The molecule has 0 aromatic rings. The zero-order chi connectivity index (χ0) is 14.7. The van der Waals surface area contributed by atoms with E-state index in [2.05, 4.69) is 16.6 Å². The highest BCUT2D eigenvalue weighted by Gasteiger charge is 2.10. The molecule has 0 radical (unpaired) electrons. The topological polar surface area (TPSA) is 78.4 Å². The van der Waals surface area contributed by atoms with E-state index in [-0.39, 0.29) is 18.5 Å². The molecule has 3 N–H and O–H groups in total. The van der Waals surface area contributed by atoms with Gasteiger partial charge in [-0.1, -0.05) is 26.2 Å². The summed E-state index contributed by atoms with van der Waals surface area (Å²) in [5, 5.41) is 14.0. The van der Waals surface area contributed by atoms with E-state index in [1.54, 1.807) is 0 Å². The van der Waals surface area contributed by atoms with Gasteiger partial charge in [0.15, 0.2) is 0 Å². The van der Waals surface area contributed by atoms with Crippen LogP contribution in [0.5, 0.6) is 0 Å². The maximum atomic E-state index is 11.5. The molecule has 5 nitrogen and oxygen atoms in total. The molecule has 108 valence electrons. The van der Waals surface area contributed by atoms with Crippen molar-refractivity contribution >= 4 is 12.0 Å². The molecule has 19 heavy (non-hydrogen) atoms. The van der Waals surface area contributed by atoms with Gasteiger partial charge in [0, 0.05) is 13.0 Å². The minimum Gasteiger partial charge on any atom is -0.481 e. The van der Waals surface area contributed by atoms with Gasteiger partial charge < -0.3 is 15.7 Å². The third kappa shape index (κ3) is 8.95. The number of carboxylic acids is 1. The molecule has 2 amide bonds. The number of carbonyl (C=O) groups is 2. The predicted molar refractivity (Wildman–Crippen MR) is 74.7 cm³/mol. The van der Waals surface area contributed by atoms with Crippen LogP contribution in [0, 0.1) is 18.3 Å². The number of carboxylic acid groups (broad SMARTS) is 1. The van der Waals surface area contributed by atoms with Crippen molar-refractivity contribution in [2.45, 2.75) is 52.0 Å². The minimum absolute atomic E-state index is 0.180. The Balaban J connectivity index is 3.84. The summed E-state index contributed by atoms with van der Waals surface area (Å²) in [6, 6.07) is -0.508. The first kappa shape index (κ1) is 17.3. The number of hydrogen-bond acceptors (Lipinski definition) is 2. The standard InChI is InChI=1S/C14H24N2O3/c1-4-11(7-8-13(17)18)9-10-15-14(19)16-12(5-2)6-3/h2,11-12H,4,6-10H2,1,3H3,(H,17,18)(H2,15,16,19). The van der Waals surface area contributed by atoms with Gasteiger partial charge in [-0.25, -0.2) is 4.79 Å². The summed E-state index contributed by atoms with van der Waals surface area (Å²) in [5.74, 6) is 2.04. The molecule has 2 atom stereocenters. The fourth-order valence-electron chi connectivity index (χ4n) is 1.74. The normalized spacial score (nSPS) is 13.1. The minimum atomic E-state index is -0.774. The third-order valence-electron chi connectivity index (χ3n) is 3.10. The van der Waals surface area contributed by atoms with Crippen molar-refractivity contribution in [1.29, 1.82) is 0 Å². The zero-order valence-corrected chi connectivity index (χ0v) is 11.7. The largest absolute Gasteiger partial charge is 0.481 e. The maximum absolute atomic E-state index is 11.5. The molecule has 0 saturated carbocycles. The van der Waals surface area contributed by atoms with Crippen LogP contribution < -0.4 is 10.6 Å². The second-order valence-corrected chi connectivity index (χ2v) is 4.52. The van der Waals surface area contributed by atoms with Crippen LogP contribution in [0.15, 0.2) is 0 Å². The third-order valence-corrected chi connectivity index (χ3v) is 3.10. The van der Waals surface area contributed by atoms with Crippen molar-refractivity contribution in [2.24, 2.45) is 5.92 Å². The molecular formula is C14H24N2O3. The van der Waals surface area contributed by atoms with Crippen LogP contribution in [0.1, 0.15) is 46.0 Å². The highest BCUT2D eigenvalue weighted by Crippen LogP contribution is 2.14. The lowest BCUT2D eigenvalue weighted by Gasteiger charge is -2.15. The fourth-order valence-corrected chi connectivity index (χ4v) is 1.74. The van der Waals surface area contributed by atoms with Crippen LogP contribution >= 0.6 is 0 Å². The Morgan fingerprint density at radius 3 is 2.42 bits per heavy atom. The number of aliphatic carboxylic acids is 1. The SMILES string of the molecule is C#CC(CC)NC(=O)NCCC(CC)CCC(=O)O. The quantitative estimate of drug-likeness (QED) is 0.559. The van der Waals surface area contributed by atoms with Crippen molar-refractivity contribution in [3.8, 4) is 12.3 Å². The van der Waals surface area contributed by atoms with E-state index < -0.39 is 5.97 Å². The summed E-state index contributed by atoms with van der Waals surface area (Å²) >= 11 is 0. The van der Waals surface area contributed by atoms with Gasteiger partial charge >= 0.3 is 12.0 Å². The number of carbonyl (C=O) groups excluding carboxylic acids is 1. The molecule has 0 aromatic heterocycles. The van der Waals surface area contributed by atoms with E-state index in [4.69, 9.17) is 11.5 Å². The Hall–Kier alpha value is -1.70. The van der Waals surface area contributed by atoms with Crippen molar-refractivity contribution in [3.63, 3.8) is 0 Å². The highest BCUT2D eigenvalue weighted by molar-refractivity contribution is 5.74. The lowest BCUT2D eigenvalue weighted by atomic mass is 9.97. The molecule has 0 rings (SSSR count). The number of rotatable bonds is 9. The summed E-state index contributed by atoms with van der Waals surface area (Å²) in [7, 11) is 0. The number of hydrogen-bond donors (Lipinski definition) is 3. The van der Waals surface area contributed by atoms with E-state index in [0.717, 1.165) is 12.8 Å². The van der Waals surface area contributed by atoms with Gasteiger partial charge in [-0.15, -0.1) is 6.42 Å². The molecule has 0 bridgehead atoms. The average Bonchev–Trinajstić information content (AvgIpc) is 2.39. The fraction of sp³-hybridized carbons (Fsp3) is 0.714. The van der Waals surface area contributed by atoms with E-state index in [1.165, 1.54) is 0 Å². The Labute approximate surface area is 115 Å². The lowest BCUT2D eigenvalue weighted by molar-refractivity contribution is -0.137. The first-order valence-corrected chi connectivity index (χ1v) is 6.75. The molecule has 0 aliphatic carbocycles. The van der Waals surface area contributed by atoms with Crippen LogP contribution in [0.3, 0.4) is 0 Å². The number of amides is 2. The first-order chi connectivity index (χ1) is 9.03. The molecule has 0 saturated heterocycles. The van der Waals surface area contributed by atoms with Crippen LogP contribution in [0.2, 0.25) is 0 Å². The molecule has 0 aliphatic heterocycles. The summed E-state index contributed by atoms with van der Waals surface area (Å²) in [6.45, 7) is 4.47. The first-order valence-electron chi connectivity index (χ1n) is 6.75. The van der Waals surface area contributed by atoms with Crippen LogP contribution in [0.4, 0.5) is 4.79 Å². The number of urea groups is 1. The smallest absolute Gasteiger partial charge is 0.315 e. The van der Waals surface area contributed by atoms with Crippen LogP contribution in [-0.4, -0.2) is 29.7 Å². The average molecular weight is 268 g/mol. The number of nitrogens with one attached hydrogen (secondary N) is 2. The predicted octanol–water partition coefficient (Wildman–Crippen LogP) is 1.98. The monoisotopic (exact) mass is 268 g/mol. The van der Waals surface area contributed by atoms with E-state index in [9.17, 15) is 9.59 Å². The second-order valence-electron chi connectivity index (χ2n) is 4.52. The molecule has 0 aromatic carbocycles. The van der Waals surface area contributed by atoms with Crippen molar-refractivity contribution in [1.82, 2.24) is 10.6 Å². The molecule has 0 fully saturated rings. The molecule has 0 heterocycles. The molecule has 2 unspecified atom stereocenters. The molecule has 5 heteroatoms. The van der Waals surface area contributed by atoms with Crippen molar-refractivity contribution < 1.29 is 14.7 Å². The summed E-state index contributed by atoms with van der Waals surface area (Å²) < 4.78 is 0. The lowest BCUT2D eigenvalue weighted by Crippen LogP contribution is -2.41. The molecule has 0 aliphatic rings. The van der Waals surface area contributed by atoms with E-state index in [1.807, 2.05) is 13.8 Å². The Morgan fingerprint density at radius 2 is 1.95 bits per heavy atom. The zero-order valence-electron chi connectivity index (χ0n) is 11.7. The van der Waals surface area contributed by atoms with Crippen LogP contribution in [-0.2, 0) is 4.79 Å². The van der Waals surface area contributed by atoms with Gasteiger partial charge in [0.2, 0.25) is 0 Å². The molecule has 0 spiro atoms. The summed E-state index contributed by atoms with van der Waals surface area (Å²) in [5.41, 5.74) is 0. The maximum Gasteiger partial charge on any atom is 0.315 e. The van der Waals surface area contributed by atoms with Crippen molar-refractivity contribution in [3.05, 3.63) is 0 Å². The molecular weight excluding hydrogens is 244 g/mol. The summed E-state index contributed by atoms with van der Waals surface area (Å²) in [4.78, 5) is 22.0. The van der Waals surface area contributed by atoms with E-state index in [0.29, 0.717) is 25.3 Å². The highest BCUT2D eigenvalue weighted by atomic mass is 16.4. The van der Waals surface area contributed by atoms with Gasteiger partial charge in [0.05, 0.1) is 6.04 Å². The Morgan fingerprint density at radius 1 is 1.26 bits per heavy atom. The van der Waals surface area contributed by atoms with Gasteiger partial charge in [-0.2, -0.15) is 0 Å². The Bertz CT molecular complexity index is 323. The Kier molecular flexibility index (Phi) is 9.33. The van der Waals surface area contributed by atoms with Crippen molar-refractivity contribution in [2.75, 3.05) is 6.54 Å². The second kappa shape index (κ2) is 10.2. The van der Waals surface area contributed by atoms with Gasteiger partial charge in [0.1, 0.15) is 0 Å². The van der Waals surface area contributed by atoms with E-state index >= 15 is 0 Å². The van der Waals surface area contributed by atoms with Crippen LogP contribution in [0.25, 0.3) is 0 Å². The van der Waals surface area contributed by atoms with Gasteiger partial charge in [0.25, 0.3) is 0 Å². The number of terminal acetylenes is 1.